The van der Waals surface area contributed by atoms with Crippen LogP contribution in [-0.4, -0.2) is 19.7 Å². The van der Waals surface area contributed by atoms with Gasteiger partial charge in [0.1, 0.15) is 11.6 Å². The van der Waals surface area contributed by atoms with Crippen molar-refractivity contribution in [3.05, 3.63) is 53.8 Å². The topological polar surface area (TPSA) is 35.5 Å². The van der Waals surface area contributed by atoms with Crippen LogP contribution in [0.1, 0.15) is 32.8 Å². The van der Waals surface area contributed by atoms with Gasteiger partial charge < -0.3 is 9.47 Å². The number of benzene rings is 2. The molecule has 2 aromatic rings. The maximum absolute atomic E-state index is 13.6. The SMILES string of the molecule is CCOC(=O)C(C)CC(C)Cc1ccc(-c2cc(F)ccc2OC)cc1. The first-order valence-electron chi connectivity index (χ1n) is 9.04. The maximum atomic E-state index is 13.6. The Kier molecular flexibility index (Phi) is 7.19. The highest BCUT2D eigenvalue weighted by molar-refractivity contribution is 5.72. The van der Waals surface area contributed by atoms with Gasteiger partial charge in [0, 0.05) is 5.56 Å². The van der Waals surface area contributed by atoms with Crippen molar-refractivity contribution < 1.29 is 18.7 Å². The third-order valence-electron chi connectivity index (χ3n) is 4.46. The number of rotatable bonds is 8. The fraction of sp³-hybridized carbons (Fsp3) is 0.409. The molecule has 0 saturated heterocycles. The summed E-state index contributed by atoms with van der Waals surface area (Å²) in [4.78, 5) is 11.8. The summed E-state index contributed by atoms with van der Waals surface area (Å²) in [5.41, 5.74) is 2.84. The lowest BCUT2D eigenvalue weighted by atomic mass is 9.91. The van der Waals surface area contributed by atoms with E-state index in [-0.39, 0.29) is 17.7 Å². The average molecular weight is 358 g/mol. The first-order chi connectivity index (χ1) is 12.4. The minimum absolute atomic E-state index is 0.0965. The fourth-order valence-electron chi connectivity index (χ4n) is 3.20. The highest BCUT2D eigenvalue weighted by Crippen LogP contribution is 2.31. The lowest BCUT2D eigenvalue weighted by Gasteiger charge is -2.16. The van der Waals surface area contributed by atoms with Crippen molar-refractivity contribution in [3.8, 4) is 16.9 Å². The van der Waals surface area contributed by atoms with Crippen LogP contribution in [0.25, 0.3) is 11.1 Å². The molecule has 4 heteroatoms. The fourth-order valence-corrected chi connectivity index (χ4v) is 3.20. The molecule has 2 atom stereocenters. The Balaban J connectivity index is 2.04. The van der Waals surface area contributed by atoms with Gasteiger partial charge in [-0.3, -0.25) is 4.79 Å². The minimum atomic E-state index is -0.286. The Morgan fingerprint density at radius 2 is 1.81 bits per heavy atom. The molecule has 3 nitrogen and oxygen atoms in total. The van der Waals surface area contributed by atoms with Gasteiger partial charge in [0.2, 0.25) is 0 Å². The van der Waals surface area contributed by atoms with Gasteiger partial charge in [0.25, 0.3) is 0 Å². The van der Waals surface area contributed by atoms with Gasteiger partial charge >= 0.3 is 5.97 Å². The lowest BCUT2D eigenvalue weighted by molar-refractivity contribution is -0.147. The summed E-state index contributed by atoms with van der Waals surface area (Å²) in [6.07, 6.45) is 1.67. The Hall–Kier alpha value is -2.36. The van der Waals surface area contributed by atoms with Gasteiger partial charge in [-0.15, -0.1) is 0 Å². The molecule has 0 N–H and O–H groups in total. The van der Waals surface area contributed by atoms with Crippen LogP contribution < -0.4 is 4.74 Å². The van der Waals surface area contributed by atoms with Crippen molar-refractivity contribution in [2.75, 3.05) is 13.7 Å². The zero-order valence-corrected chi connectivity index (χ0v) is 15.9. The van der Waals surface area contributed by atoms with E-state index < -0.39 is 0 Å². The van der Waals surface area contributed by atoms with Crippen LogP contribution in [0, 0.1) is 17.7 Å². The maximum Gasteiger partial charge on any atom is 0.308 e. The van der Waals surface area contributed by atoms with Gasteiger partial charge in [0.15, 0.2) is 0 Å². The lowest BCUT2D eigenvalue weighted by Crippen LogP contribution is -2.18. The number of halogens is 1. The third-order valence-corrected chi connectivity index (χ3v) is 4.46. The van der Waals surface area contributed by atoms with Gasteiger partial charge in [-0.05, 0) is 55.0 Å². The second-order valence-corrected chi connectivity index (χ2v) is 6.74. The molecule has 0 spiro atoms. The third kappa shape index (κ3) is 5.32. The van der Waals surface area contributed by atoms with Crippen molar-refractivity contribution >= 4 is 5.97 Å². The standard InChI is InChI=1S/C22H27FO3/c1-5-26-22(24)16(3)12-15(2)13-17-6-8-18(9-7-17)20-14-19(23)10-11-21(20)25-4/h6-11,14-16H,5,12-13H2,1-4H3. The molecule has 2 aromatic carbocycles. The summed E-state index contributed by atoms with van der Waals surface area (Å²) in [6.45, 7) is 6.29. The monoisotopic (exact) mass is 358 g/mol. The van der Waals surface area contributed by atoms with Crippen LogP contribution in [0.3, 0.4) is 0 Å². The Labute approximate surface area is 155 Å². The highest BCUT2D eigenvalue weighted by Gasteiger charge is 2.17. The van der Waals surface area contributed by atoms with Crippen molar-refractivity contribution in [1.29, 1.82) is 0 Å². The van der Waals surface area contributed by atoms with Gasteiger partial charge in [-0.2, -0.15) is 0 Å². The van der Waals surface area contributed by atoms with Gasteiger partial charge in [-0.25, -0.2) is 4.39 Å². The van der Waals surface area contributed by atoms with Crippen LogP contribution in [0.15, 0.2) is 42.5 Å². The molecule has 2 rings (SSSR count). The number of carbonyl (C=O) groups excluding carboxylic acids is 1. The number of esters is 1. The first kappa shape index (κ1) is 20.0. The number of ether oxygens (including phenoxy) is 2. The van der Waals surface area contributed by atoms with Crippen LogP contribution in [0.2, 0.25) is 0 Å². The number of methoxy groups -OCH3 is 1. The molecule has 0 aliphatic carbocycles. The van der Waals surface area contributed by atoms with E-state index in [2.05, 4.69) is 6.92 Å². The molecule has 0 saturated carbocycles. The summed E-state index contributed by atoms with van der Waals surface area (Å²) in [5.74, 6) is 0.500. The second-order valence-electron chi connectivity index (χ2n) is 6.74. The molecule has 2 unspecified atom stereocenters. The van der Waals surface area contributed by atoms with E-state index in [4.69, 9.17) is 9.47 Å². The largest absolute Gasteiger partial charge is 0.496 e. The number of carbonyl (C=O) groups is 1. The minimum Gasteiger partial charge on any atom is -0.496 e. The van der Waals surface area contributed by atoms with E-state index >= 15 is 0 Å². The average Bonchev–Trinajstić information content (AvgIpc) is 2.62. The van der Waals surface area contributed by atoms with Crippen LogP contribution in [0.4, 0.5) is 4.39 Å². The second kappa shape index (κ2) is 9.37. The molecule has 26 heavy (non-hydrogen) atoms. The molecular weight excluding hydrogens is 331 g/mol. The van der Waals surface area contributed by atoms with Crippen molar-refractivity contribution in [1.82, 2.24) is 0 Å². The molecule has 0 aliphatic heterocycles. The molecule has 0 aromatic heterocycles. The molecule has 0 radical (unpaired) electrons. The molecule has 0 heterocycles. The van der Waals surface area contributed by atoms with E-state index in [0.717, 1.165) is 24.0 Å². The van der Waals surface area contributed by atoms with Crippen LogP contribution in [0.5, 0.6) is 5.75 Å². The Bertz CT molecular complexity index is 725. The summed E-state index contributed by atoms with van der Waals surface area (Å²) < 4.78 is 24.0. The molecule has 0 bridgehead atoms. The summed E-state index contributed by atoms with van der Waals surface area (Å²) in [5, 5.41) is 0. The van der Waals surface area contributed by atoms with Gasteiger partial charge in [-0.1, -0.05) is 38.1 Å². The molecule has 0 fully saturated rings. The van der Waals surface area contributed by atoms with E-state index in [1.807, 2.05) is 38.1 Å². The predicted octanol–water partition coefficient (Wildman–Crippen LogP) is 5.27. The Morgan fingerprint density at radius 1 is 1.12 bits per heavy atom. The van der Waals surface area contributed by atoms with Crippen LogP contribution >= 0.6 is 0 Å². The normalized spacial score (nSPS) is 13.1. The first-order valence-corrected chi connectivity index (χ1v) is 9.04. The summed E-state index contributed by atoms with van der Waals surface area (Å²) in [6, 6.07) is 12.6. The summed E-state index contributed by atoms with van der Waals surface area (Å²) >= 11 is 0. The molecule has 0 aliphatic rings. The molecular formula is C22H27FO3. The van der Waals surface area contributed by atoms with E-state index in [0.29, 0.717) is 18.3 Å². The summed E-state index contributed by atoms with van der Waals surface area (Å²) in [7, 11) is 1.58. The zero-order valence-electron chi connectivity index (χ0n) is 15.9. The number of hydrogen-bond acceptors (Lipinski definition) is 3. The molecule has 140 valence electrons. The van der Waals surface area contributed by atoms with E-state index in [1.54, 1.807) is 13.2 Å². The zero-order chi connectivity index (χ0) is 19.1. The van der Waals surface area contributed by atoms with Crippen molar-refractivity contribution in [3.63, 3.8) is 0 Å². The van der Waals surface area contributed by atoms with E-state index in [1.165, 1.54) is 17.7 Å². The van der Waals surface area contributed by atoms with Crippen molar-refractivity contribution in [2.45, 2.75) is 33.6 Å². The smallest absolute Gasteiger partial charge is 0.308 e. The Morgan fingerprint density at radius 3 is 2.42 bits per heavy atom. The quantitative estimate of drug-likeness (QED) is 0.603. The highest BCUT2D eigenvalue weighted by atomic mass is 19.1. The molecule has 0 amide bonds. The van der Waals surface area contributed by atoms with Crippen molar-refractivity contribution in [2.24, 2.45) is 11.8 Å². The number of hydrogen-bond donors (Lipinski definition) is 0. The predicted molar refractivity (Wildman–Crippen MR) is 102 cm³/mol. The van der Waals surface area contributed by atoms with Crippen LogP contribution in [-0.2, 0) is 16.0 Å². The van der Waals surface area contributed by atoms with E-state index in [9.17, 15) is 9.18 Å². The van der Waals surface area contributed by atoms with Gasteiger partial charge in [0.05, 0.1) is 19.6 Å².